The maximum Gasteiger partial charge on any atom is 0.168 e. The van der Waals surface area contributed by atoms with E-state index in [0.29, 0.717) is 32.0 Å². The molecule has 31 heavy (non-hydrogen) atoms. The second kappa shape index (κ2) is 8.64. The van der Waals surface area contributed by atoms with E-state index in [1.165, 1.54) is 11.3 Å². The summed E-state index contributed by atoms with van der Waals surface area (Å²) in [4.78, 5) is 0. The molecular weight excluding hydrogens is 519 g/mol. The molecule has 2 aromatic heterocycles. The topological polar surface area (TPSA) is 63.8 Å². The first-order valence-electron chi connectivity index (χ1n) is 9.47. The maximum absolute atomic E-state index is 10.4. The molecule has 0 atom stereocenters. The number of rotatable bonds is 4. The molecule has 0 bridgehead atoms. The fraction of sp³-hybridized carbons (Fsp3) is 0.227. The van der Waals surface area contributed by atoms with Gasteiger partial charge in [-0.05, 0) is 30.3 Å². The lowest BCUT2D eigenvalue weighted by Gasteiger charge is -2.12. The predicted octanol–water partition coefficient (Wildman–Crippen LogP) is 6.92. The minimum atomic E-state index is -0.212. The van der Waals surface area contributed by atoms with Gasteiger partial charge in [0.25, 0.3) is 0 Å². The van der Waals surface area contributed by atoms with Crippen LogP contribution >= 0.6 is 50.5 Å². The highest BCUT2D eigenvalue weighted by molar-refractivity contribution is 9.10. The molecule has 0 aliphatic rings. The van der Waals surface area contributed by atoms with E-state index in [9.17, 15) is 5.11 Å². The molecule has 0 fully saturated rings. The van der Waals surface area contributed by atoms with Crippen LogP contribution in [0.5, 0.6) is 0 Å². The van der Waals surface area contributed by atoms with E-state index in [-0.39, 0.29) is 12.0 Å². The zero-order valence-electron chi connectivity index (χ0n) is 17.0. The van der Waals surface area contributed by atoms with E-state index in [0.717, 1.165) is 20.7 Å². The zero-order chi connectivity index (χ0) is 22.3. The number of halogens is 3. The van der Waals surface area contributed by atoms with E-state index < -0.39 is 0 Å². The van der Waals surface area contributed by atoms with Gasteiger partial charge in [0.2, 0.25) is 0 Å². The van der Waals surface area contributed by atoms with Gasteiger partial charge in [-0.25, -0.2) is 4.68 Å². The smallest absolute Gasteiger partial charge is 0.168 e. The lowest BCUT2D eigenvalue weighted by atomic mass is 9.98. The van der Waals surface area contributed by atoms with Crippen LogP contribution in [-0.4, -0.2) is 25.1 Å². The summed E-state index contributed by atoms with van der Waals surface area (Å²) in [5, 5.41) is 26.5. The van der Waals surface area contributed by atoms with Crippen LogP contribution < -0.4 is 0 Å². The summed E-state index contributed by atoms with van der Waals surface area (Å²) >= 11 is 17.6. The van der Waals surface area contributed by atoms with E-state index in [1.54, 1.807) is 16.8 Å². The average molecular weight is 538 g/mol. The summed E-state index contributed by atoms with van der Waals surface area (Å²) in [6.07, 6.45) is 0. The van der Waals surface area contributed by atoms with Crippen molar-refractivity contribution in [2.45, 2.75) is 32.8 Å². The molecule has 0 spiro atoms. The molecule has 1 N–H and O–H groups in total. The fourth-order valence-electron chi connectivity index (χ4n) is 3.13. The number of hydrogen-bond acceptors (Lipinski definition) is 5. The lowest BCUT2D eigenvalue weighted by Crippen LogP contribution is -2.10. The standard InChI is InChI=1S/C22H19BrCl2N4OS/c1-22(2,3)21-27-26-20(31-21)18-15(11-30)19(12-4-6-13(23)7-5-12)29(28-18)17-9-8-14(24)10-16(17)25/h4-10,30H,11H2,1-3H3. The van der Waals surface area contributed by atoms with Crippen LogP contribution in [0.4, 0.5) is 0 Å². The van der Waals surface area contributed by atoms with Crippen LogP contribution in [0.1, 0.15) is 31.3 Å². The van der Waals surface area contributed by atoms with E-state index in [2.05, 4.69) is 46.9 Å². The van der Waals surface area contributed by atoms with E-state index in [4.69, 9.17) is 28.3 Å². The summed E-state index contributed by atoms with van der Waals surface area (Å²) in [5.41, 5.74) is 3.39. The number of aliphatic hydroxyl groups is 1. The third kappa shape index (κ3) is 4.43. The highest BCUT2D eigenvalue weighted by Crippen LogP contribution is 2.39. The van der Waals surface area contributed by atoms with Crippen molar-refractivity contribution in [3.05, 3.63) is 67.6 Å². The van der Waals surface area contributed by atoms with Crippen molar-refractivity contribution >= 4 is 50.5 Å². The molecule has 4 rings (SSSR count). The van der Waals surface area contributed by atoms with Crippen molar-refractivity contribution in [3.63, 3.8) is 0 Å². The lowest BCUT2D eigenvalue weighted by molar-refractivity contribution is 0.283. The van der Waals surface area contributed by atoms with Crippen molar-refractivity contribution in [2.24, 2.45) is 0 Å². The zero-order valence-corrected chi connectivity index (χ0v) is 20.9. The molecule has 0 aliphatic heterocycles. The van der Waals surface area contributed by atoms with Crippen LogP contribution in [-0.2, 0) is 12.0 Å². The van der Waals surface area contributed by atoms with Gasteiger partial charge in [-0.15, -0.1) is 10.2 Å². The first-order chi connectivity index (χ1) is 14.7. The molecule has 160 valence electrons. The van der Waals surface area contributed by atoms with Crippen LogP contribution in [0.3, 0.4) is 0 Å². The number of aromatic nitrogens is 4. The SMILES string of the molecule is CC(C)(C)c1nnc(-c2nn(-c3ccc(Cl)cc3Cl)c(-c3ccc(Br)cc3)c2CO)s1. The Kier molecular flexibility index (Phi) is 6.25. The van der Waals surface area contributed by atoms with Crippen molar-refractivity contribution in [1.29, 1.82) is 0 Å². The Morgan fingerprint density at radius 2 is 1.77 bits per heavy atom. The van der Waals surface area contributed by atoms with Gasteiger partial charge < -0.3 is 5.11 Å². The van der Waals surface area contributed by atoms with Gasteiger partial charge in [0.15, 0.2) is 5.01 Å². The quantitative estimate of drug-likeness (QED) is 0.307. The van der Waals surface area contributed by atoms with Gasteiger partial charge >= 0.3 is 0 Å². The molecule has 9 heteroatoms. The number of benzene rings is 2. The normalized spacial score (nSPS) is 11.8. The molecule has 0 unspecified atom stereocenters. The number of aliphatic hydroxyl groups excluding tert-OH is 1. The number of hydrogen-bond donors (Lipinski definition) is 1. The molecule has 2 heterocycles. The van der Waals surface area contributed by atoms with Crippen LogP contribution in [0.25, 0.3) is 27.6 Å². The van der Waals surface area contributed by atoms with Gasteiger partial charge in [0, 0.05) is 26.0 Å². The van der Waals surface area contributed by atoms with Crippen molar-refractivity contribution in [1.82, 2.24) is 20.0 Å². The number of nitrogens with zero attached hydrogens (tertiary/aromatic N) is 4. The Morgan fingerprint density at radius 3 is 2.35 bits per heavy atom. The maximum atomic E-state index is 10.4. The summed E-state index contributed by atoms with van der Waals surface area (Å²) in [7, 11) is 0. The molecule has 4 aromatic rings. The first-order valence-corrected chi connectivity index (χ1v) is 11.8. The monoisotopic (exact) mass is 536 g/mol. The Morgan fingerprint density at radius 1 is 1.06 bits per heavy atom. The molecule has 5 nitrogen and oxygen atoms in total. The second-order valence-electron chi connectivity index (χ2n) is 8.01. The van der Waals surface area contributed by atoms with Crippen molar-refractivity contribution in [3.8, 4) is 27.6 Å². The summed E-state index contributed by atoms with van der Waals surface area (Å²) in [5.74, 6) is 0. The van der Waals surface area contributed by atoms with Gasteiger partial charge in [-0.1, -0.05) is 83.4 Å². The molecule has 0 amide bonds. The van der Waals surface area contributed by atoms with Gasteiger partial charge in [-0.2, -0.15) is 5.10 Å². The van der Waals surface area contributed by atoms with Gasteiger partial charge in [0.1, 0.15) is 10.7 Å². The third-order valence-corrected chi connectivity index (χ3v) is 7.09. The molecule has 0 radical (unpaired) electrons. The Hall–Kier alpha value is -1.77. The Balaban J connectivity index is 1.99. The van der Waals surface area contributed by atoms with Crippen molar-refractivity contribution in [2.75, 3.05) is 0 Å². The summed E-state index contributed by atoms with van der Waals surface area (Å²) in [6.45, 7) is 6.05. The van der Waals surface area contributed by atoms with Gasteiger partial charge in [-0.3, -0.25) is 0 Å². The van der Waals surface area contributed by atoms with Crippen molar-refractivity contribution < 1.29 is 5.11 Å². The van der Waals surface area contributed by atoms with Crippen LogP contribution in [0, 0.1) is 0 Å². The average Bonchev–Trinajstić information content (AvgIpc) is 3.33. The third-order valence-electron chi connectivity index (χ3n) is 4.67. The van der Waals surface area contributed by atoms with Crippen LogP contribution in [0.15, 0.2) is 46.9 Å². The Bertz CT molecular complexity index is 1250. The molecule has 0 saturated carbocycles. The molecule has 2 aromatic carbocycles. The molecule has 0 aliphatic carbocycles. The largest absolute Gasteiger partial charge is 0.392 e. The summed E-state index contributed by atoms with van der Waals surface area (Å²) < 4.78 is 2.69. The second-order valence-corrected chi connectivity index (χ2v) is 10.7. The molecule has 0 saturated heterocycles. The summed E-state index contributed by atoms with van der Waals surface area (Å²) in [6, 6.07) is 13.1. The van der Waals surface area contributed by atoms with E-state index >= 15 is 0 Å². The first kappa shape index (κ1) is 22.4. The van der Waals surface area contributed by atoms with Crippen LogP contribution in [0.2, 0.25) is 10.0 Å². The van der Waals surface area contributed by atoms with E-state index in [1.807, 2.05) is 30.3 Å². The Labute approximate surface area is 202 Å². The predicted molar refractivity (Wildman–Crippen MR) is 130 cm³/mol. The highest BCUT2D eigenvalue weighted by Gasteiger charge is 2.26. The minimum Gasteiger partial charge on any atom is -0.392 e. The highest BCUT2D eigenvalue weighted by atomic mass is 79.9. The molecular formula is C22H19BrCl2N4OS. The minimum absolute atomic E-state index is 0.133. The fourth-order valence-corrected chi connectivity index (χ4v) is 4.79. The van der Waals surface area contributed by atoms with Gasteiger partial charge in [0.05, 0.1) is 23.0 Å².